The molecule has 20 nitrogen and oxygen atoms in total. The normalized spacial score (nSPS) is 17.6. The summed E-state index contributed by atoms with van der Waals surface area (Å²) < 4.78 is 67.8. The Labute approximate surface area is 555 Å². The number of anilines is 2. The zero-order valence-corrected chi connectivity index (χ0v) is 56.8. The van der Waals surface area contributed by atoms with Gasteiger partial charge in [-0.3, -0.25) is 8.80 Å². The molecule has 4 aromatic heterocycles. The summed E-state index contributed by atoms with van der Waals surface area (Å²) in [6.45, 7) is 41.3. The third-order valence-corrected chi connectivity index (χ3v) is 18.3. The number of carbonyl (C=O) groups excluding carboxylic acids is 2. The van der Waals surface area contributed by atoms with Crippen molar-refractivity contribution in [2.75, 3.05) is 36.9 Å². The molecule has 9 heterocycles. The predicted molar refractivity (Wildman–Crippen MR) is 359 cm³/mol. The Morgan fingerprint density at radius 2 is 1.14 bits per heavy atom. The third-order valence-electron chi connectivity index (χ3n) is 17.7. The number of halogens is 3. The number of aromatic nitrogens is 6. The van der Waals surface area contributed by atoms with Gasteiger partial charge in [-0.15, -0.1) is 0 Å². The molecule has 2 atom stereocenters. The summed E-state index contributed by atoms with van der Waals surface area (Å²) in [6, 6.07) is 18.7. The zero-order valence-electron chi connectivity index (χ0n) is 55.2. The van der Waals surface area contributed by atoms with E-state index >= 15 is 0 Å². The maximum absolute atomic E-state index is 14.7. The van der Waals surface area contributed by atoms with E-state index in [0.29, 0.717) is 77.1 Å². The maximum Gasteiger partial charge on any atom is 0.495 e. The second-order valence-electron chi connectivity index (χ2n) is 27.1. The van der Waals surface area contributed by atoms with Gasteiger partial charge in [-0.25, -0.2) is 28.3 Å². The fourth-order valence-electron chi connectivity index (χ4n) is 12.4. The Kier molecular flexibility index (Phi) is 18.8. The monoisotopic (exact) mass is 1340 g/mol. The molecule has 13 rings (SSSR count). The molecule has 8 aromatic rings. The number of carbonyl (C=O) groups is 2. The molecule has 4 aromatic carbocycles. The van der Waals surface area contributed by atoms with Gasteiger partial charge in [0.1, 0.15) is 38.8 Å². The fourth-order valence-corrected chi connectivity index (χ4v) is 12.8. The van der Waals surface area contributed by atoms with Gasteiger partial charge in [0.2, 0.25) is 23.2 Å². The van der Waals surface area contributed by atoms with Crippen LogP contribution in [0.4, 0.5) is 41.9 Å². The molecule has 0 spiro atoms. The minimum Gasteiger partial charge on any atom is -0.493 e. The van der Waals surface area contributed by atoms with Gasteiger partial charge in [0.25, 0.3) is 11.6 Å². The Bertz CT molecular complexity index is 4300. The SMILES string of the molecule is Cc1cc(C2CCCN2C(=O)OC(C)(C)C)ccc1B1OC(C)(C)C(C)(C)O1.[C-]#[N+]c1cn2c(NCc3c(F)ccc4c3CCO4)ncc(-c3ccc(C4CCCN4C(=O)OC(C)(C)C)cc3C)c2n1.[C-]#[N+]c1cn2c(NCc3c(F)ccc4c3CCO4)ncc(Br)c2n1. The Hall–Kier alpha value is -8.84. The number of aryl methyl sites for hydroxylation is 2. The number of rotatable bonds is 10. The number of amides is 2. The van der Waals surface area contributed by atoms with Crippen LogP contribution in [0, 0.1) is 38.6 Å². The van der Waals surface area contributed by atoms with Crippen LogP contribution in [0.3, 0.4) is 0 Å². The molecule has 2 amide bonds. The highest BCUT2D eigenvalue weighted by molar-refractivity contribution is 9.10. The summed E-state index contributed by atoms with van der Waals surface area (Å²) in [4.78, 5) is 53.8. The number of nitrogens with zero attached hydrogens (tertiary/aromatic N) is 10. The van der Waals surface area contributed by atoms with Crippen molar-refractivity contribution in [2.45, 2.75) is 169 Å². The van der Waals surface area contributed by atoms with Crippen LogP contribution < -0.4 is 25.6 Å². The van der Waals surface area contributed by atoms with Gasteiger partial charge in [-0.1, -0.05) is 65.1 Å². The lowest BCUT2D eigenvalue weighted by atomic mass is 9.75. The topological polar surface area (TPSA) is 189 Å². The van der Waals surface area contributed by atoms with E-state index in [1.165, 1.54) is 12.1 Å². The molecule has 24 heteroatoms. The number of fused-ring (bicyclic) bond motifs is 4. The van der Waals surface area contributed by atoms with Crippen LogP contribution in [-0.4, -0.2) is 107 Å². The van der Waals surface area contributed by atoms with Gasteiger partial charge in [0.15, 0.2) is 0 Å². The Balaban J connectivity index is 0.000000151. The van der Waals surface area contributed by atoms with Crippen molar-refractivity contribution in [3.05, 3.63) is 169 Å². The van der Waals surface area contributed by atoms with Crippen LogP contribution in [0.15, 0.2) is 89.9 Å². The number of hydrogen-bond donors (Lipinski definition) is 2. The molecule has 490 valence electrons. The highest BCUT2D eigenvalue weighted by atomic mass is 79.9. The summed E-state index contributed by atoms with van der Waals surface area (Å²) >= 11 is 3.37. The summed E-state index contributed by atoms with van der Waals surface area (Å²) in [5.41, 5.74) is 9.34. The first-order chi connectivity index (χ1) is 44.6. The zero-order chi connectivity index (χ0) is 67.2. The Morgan fingerprint density at radius 1 is 0.670 bits per heavy atom. The van der Waals surface area contributed by atoms with Gasteiger partial charge in [-0.05, 0) is 177 Å². The van der Waals surface area contributed by atoms with Crippen molar-refractivity contribution in [1.29, 1.82) is 0 Å². The number of hydrogen-bond acceptors (Lipinski definition) is 14. The highest BCUT2D eigenvalue weighted by Crippen LogP contribution is 2.41. The average Bonchev–Trinajstić information content (AvgIpc) is 1.55. The van der Waals surface area contributed by atoms with Crippen molar-refractivity contribution in [2.24, 2.45) is 0 Å². The van der Waals surface area contributed by atoms with E-state index in [-0.39, 0.29) is 79.0 Å². The van der Waals surface area contributed by atoms with Crippen LogP contribution in [0.5, 0.6) is 11.5 Å². The number of ether oxygens (including phenoxy) is 4. The molecule has 0 radical (unpaired) electrons. The van der Waals surface area contributed by atoms with Crippen LogP contribution in [0.2, 0.25) is 0 Å². The van der Waals surface area contributed by atoms with Crippen molar-refractivity contribution >= 4 is 75.5 Å². The van der Waals surface area contributed by atoms with Gasteiger partial charge in [0, 0.05) is 79.9 Å². The highest BCUT2D eigenvalue weighted by Gasteiger charge is 2.52. The number of likely N-dealkylation sites (tertiary alicyclic amines) is 2. The first-order valence-electron chi connectivity index (χ1n) is 31.7. The largest absolute Gasteiger partial charge is 0.495 e. The van der Waals surface area contributed by atoms with Gasteiger partial charge in [-0.2, -0.15) is 0 Å². The van der Waals surface area contributed by atoms with Crippen LogP contribution in [-0.2, 0) is 44.7 Å². The van der Waals surface area contributed by atoms with E-state index in [4.69, 9.17) is 41.4 Å². The summed E-state index contributed by atoms with van der Waals surface area (Å²) in [6.07, 6.45) is 11.1. The number of imidazole rings is 2. The predicted octanol–water partition coefficient (Wildman–Crippen LogP) is 15.1. The molecule has 0 saturated carbocycles. The van der Waals surface area contributed by atoms with Gasteiger partial charge < -0.3 is 58.4 Å². The molecule has 3 saturated heterocycles. The smallest absolute Gasteiger partial charge is 0.493 e. The summed E-state index contributed by atoms with van der Waals surface area (Å²) in [7, 11) is -0.371. The van der Waals surface area contributed by atoms with Crippen LogP contribution in [0.25, 0.3) is 32.1 Å². The molecule has 5 aliphatic heterocycles. The van der Waals surface area contributed by atoms with E-state index in [2.05, 4.69) is 115 Å². The Morgan fingerprint density at radius 3 is 1.62 bits per heavy atom. The molecular weight excluding hydrogens is 1270 g/mol. The fraction of sp³-hybridized carbons (Fsp3) is 0.429. The molecular formula is C70H78BBrF2N12O8. The summed E-state index contributed by atoms with van der Waals surface area (Å²) in [5, 5.41) is 6.38. The lowest BCUT2D eigenvalue weighted by Gasteiger charge is -2.32. The maximum atomic E-state index is 14.7. The lowest BCUT2D eigenvalue weighted by molar-refractivity contribution is 0.00578. The summed E-state index contributed by atoms with van der Waals surface area (Å²) in [5.74, 6) is 2.34. The molecule has 3 fully saturated rings. The van der Waals surface area contributed by atoms with E-state index in [1.807, 2.05) is 70.4 Å². The number of benzene rings is 4. The van der Waals surface area contributed by atoms with E-state index < -0.39 is 11.2 Å². The third kappa shape index (κ3) is 14.0. The van der Waals surface area contributed by atoms with Crippen molar-refractivity contribution in [3.8, 4) is 22.6 Å². The van der Waals surface area contributed by atoms with E-state index in [1.54, 1.807) is 45.7 Å². The minimum absolute atomic E-state index is 0.0531. The van der Waals surface area contributed by atoms with Crippen LogP contribution in [0.1, 0.15) is 152 Å². The van der Waals surface area contributed by atoms with Crippen LogP contribution >= 0.6 is 15.9 Å². The molecule has 2 N–H and O–H groups in total. The van der Waals surface area contributed by atoms with Crippen molar-refractivity contribution in [1.82, 2.24) is 38.5 Å². The van der Waals surface area contributed by atoms with E-state index in [9.17, 15) is 18.4 Å². The average molecular weight is 1340 g/mol. The first-order valence-corrected chi connectivity index (χ1v) is 32.5. The molecule has 94 heavy (non-hydrogen) atoms. The standard InChI is InChI=1S/C32H33FN6O3.C22H34BNO4.C16H11BrFN5O/c1-19-15-20(26-7-6-13-38(26)31(40)42-32(2,3)4)8-9-21(19)24-17-36-30(39-18-28(34-5)37-29(24)39)35-16-23-22-12-14-41-27(22)11-10-25(23)33;1-15-14-16(18-10-9-13-24(18)19(25)26-20(2,3)4)11-12-17(15)23-27-21(5,6)22(7,8)28-23;1-19-14-8-23-15(22-14)11(17)7-21-16(23)20-6-10-9-4-5-24-13(9)3-2-12(10)18/h8-11,15,17-18,26H,6-7,12-14,16H2,1-4H3,(H,35,36);11-12,14,18H,9-10,13H2,1-8H3;2-3,7-8H,4-6H2,(H,20,21). The molecule has 0 bridgehead atoms. The molecule has 0 aliphatic carbocycles. The molecule has 5 aliphatic rings. The second kappa shape index (κ2) is 26.5. The number of nitrogens with one attached hydrogen (secondary N) is 2. The quantitative estimate of drug-likeness (QED) is 0.0971. The van der Waals surface area contributed by atoms with Gasteiger partial charge in [0.05, 0.1) is 48.3 Å². The minimum atomic E-state index is -0.554. The first kappa shape index (κ1) is 66.6. The van der Waals surface area contributed by atoms with Crippen molar-refractivity contribution < 1.29 is 46.6 Å². The van der Waals surface area contributed by atoms with E-state index in [0.717, 1.165) is 87.9 Å². The lowest BCUT2D eigenvalue weighted by Crippen LogP contribution is -2.41. The van der Waals surface area contributed by atoms with Gasteiger partial charge >= 0.3 is 19.3 Å². The second-order valence-corrected chi connectivity index (χ2v) is 27.9. The van der Waals surface area contributed by atoms with Crippen molar-refractivity contribution in [3.63, 3.8) is 0 Å². The molecule has 2 unspecified atom stereocenters.